The molecule has 0 bridgehead atoms. The first-order chi connectivity index (χ1) is 35.7. The van der Waals surface area contributed by atoms with Gasteiger partial charge < -0.3 is 18.3 Å². The quantitative estimate of drug-likeness (QED) is 0.172. The predicted molar refractivity (Wildman–Crippen MR) is 294 cm³/mol. The van der Waals surface area contributed by atoms with Crippen LogP contribution in [0.3, 0.4) is 0 Å². The van der Waals surface area contributed by atoms with Crippen molar-refractivity contribution in [2.24, 2.45) is 0 Å². The third-order valence-corrected chi connectivity index (χ3v) is 14.9. The average molecular weight is 916 g/mol. The van der Waals surface area contributed by atoms with E-state index in [1.807, 2.05) is 30.3 Å². The second-order valence-electron chi connectivity index (χ2n) is 18.4. The molecule has 7 nitrogen and oxygen atoms in total. The van der Waals surface area contributed by atoms with Crippen LogP contribution in [-0.4, -0.2) is 23.3 Å². The number of nitrogens with zero attached hydrogens (tertiary/aromatic N) is 7. The Morgan fingerprint density at radius 1 is 0.333 bits per heavy atom. The molecule has 0 spiro atoms. The summed E-state index contributed by atoms with van der Waals surface area (Å²) < 4.78 is 9.27. The second kappa shape index (κ2) is 15.1. The maximum Gasteiger partial charge on any atom is 0.102 e. The Bertz CT molecular complexity index is 4610. The fourth-order valence-electron chi connectivity index (χ4n) is 12.0. The number of hydrogen-bond donors (Lipinski definition) is 0. The van der Waals surface area contributed by atoms with Gasteiger partial charge in [-0.15, -0.1) is 0 Å². The van der Waals surface area contributed by atoms with E-state index in [4.69, 9.17) is 4.98 Å². The predicted octanol–water partition coefficient (Wildman–Crippen LogP) is 16.0. The lowest BCUT2D eigenvalue weighted by atomic mass is 9.90. The van der Waals surface area contributed by atoms with Crippen LogP contribution in [0.4, 0.5) is 0 Å². The van der Waals surface area contributed by atoms with Gasteiger partial charge in [-0.25, -0.2) is 0 Å². The molecule has 0 radical (unpaired) electrons. The molecule has 0 saturated heterocycles. The fraction of sp³-hybridized carbons (Fsp3) is 0. The molecule has 0 unspecified atom stereocenters. The maximum absolute atomic E-state index is 11.8. The van der Waals surface area contributed by atoms with Crippen molar-refractivity contribution in [2.45, 2.75) is 0 Å². The number of nitriles is 2. The van der Waals surface area contributed by atoms with Gasteiger partial charge in [0.2, 0.25) is 0 Å². The Balaban J connectivity index is 1.14. The molecule has 332 valence electrons. The van der Waals surface area contributed by atoms with E-state index in [1.54, 1.807) is 6.20 Å². The summed E-state index contributed by atoms with van der Waals surface area (Å²) in [5.74, 6) is 0. The molecule has 7 heteroatoms. The first kappa shape index (κ1) is 39.8. The molecule has 0 aliphatic heterocycles. The fourth-order valence-corrected chi connectivity index (χ4v) is 12.0. The molecule has 5 heterocycles. The van der Waals surface area contributed by atoms with E-state index in [-0.39, 0.29) is 0 Å². The zero-order chi connectivity index (χ0) is 47.6. The van der Waals surface area contributed by atoms with Gasteiger partial charge in [-0.2, -0.15) is 10.5 Å². The Kier molecular flexibility index (Phi) is 8.36. The van der Waals surface area contributed by atoms with E-state index in [0.29, 0.717) is 28.1 Å². The van der Waals surface area contributed by atoms with Gasteiger partial charge in [-0.1, -0.05) is 140 Å². The molecule has 0 atom stereocenters. The summed E-state index contributed by atoms with van der Waals surface area (Å²) in [5, 5.41) is 33.4. The van der Waals surface area contributed by atoms with Gasteiger partial charge in [0.25, 0.3) is 0 Å². The van der Waals surface area contributed by atoms with Crippen molar-refractivity contribution in [3.63, 3.8) is 0 Å². The molecular formula is C65H37N7. The number of aromatic nitrogens is 5. The zero-order valence-electron chi connectivity index (χ0n) is 38.5. The molecule has 0 aliphatic rings. The molecule has 72 heavy (non-hydrogen) atoms. The van der Waals surface area contributed by atoms with Crippen molar-refractivity contribution < 1.29 is 0 Å². The summed E-state index contributed by atoms with van der Waals surface area (Å²) >= 11 is 0. The lowest BCUT2D eigenvalue weighted by molar-refractivity contribution is 1.12. The highest BCUT2D eigenvalue weighted by molar-refractivity contribution is 6.28. The minimum Gasteiger partial charge on any atom is -0.309 e. The number of pyridine rings is 1. The number of rotatable bonds is 5. The van der Waals surface area contributed by atoms with Gasteiger partial charge >= 0.3 is 0 Å². The maximum atomic E-state index is 11.8. The lowest BCUT2D eigenvalue weighted by Crippen LogP contribution is -2.07. The van der Waals surface area contributed by atoms with Crippen LogP contribution >= 0.6 is 0 Å². The first-order valence-corrected chi connectivity index (χ1v) is 24.1. The molecular weight excluding hydrogens is 879 g/mol. The van der Waals surface area contributed by atoms with Crippen LogP contribution in [0.5, 0.6) is 0 Å². The lowest BCUT2D eigenvalue weighted by Gasteiger charge is -2.21. The smallest absolute Gasteiger partial charge is 0.102 e. The van der Waals surface area contributed by atoms with Crippen LogP contribution in [-0.2, 0) is 0 Å². The minimum atomic E-state index is 0.394. The SMILES string of the molecule is N#Cc1c(-n2c3ccccc3c3c2ccc2c4ccccc4n(-c4ccccc4)c23)cc(-n2c3ccccc3c3c2ccc2c4ccccc4n(-c4ccccc4)c23)c(C#N)c1-c1ccnc2ccccc12. The van der Waals surface area contributed by atoms with E-state index in [1.165, 1.54) is 0 Å². The molecule has 10 aromatic carbocycles. The van der Waals surface area contributed by atoms with Crippen molar-refractivity contribution in [3.05, 3.63) is 236 Å². The van der Waals surface area contributed by atoms with Gasteiger partial charge in [-0.05, 0) is 84.4 Å². The van der Waals surface area contributed by atoms with Gasteiger partial charge in [0.15, 0.2) is 0 Å². The van der Waals surface area contributed by atoms with Crippen molar-refractivity contribution in [2.75, 3.05) is 0 Å². The molecule has 0 amide bonds. The van der Waals surface area contributed by atoms with Crippen molar-refractivity contribution in [3.8, 4) is 46.0 Å². The first-order valence-electron chi connectivity index (χ1n) is 24.1. The summed E-state index contributed by atoms with van der Waals surface area (Å²) in [5.41, 5.74) is 14.5. The molecule has 0 saturated carbocycles. The summed E-state index contributed by atoms with van der Waals surface area (Å²) in [6.07, 6.45) is 1.78. The van der Waals surface area contributed by atoms with Crippen molar-refractivity contribution in [1.29, 1.82) is 10.5 Å². The summed E-state index contributed by atoms with van der Waals surface area (Å²) in [6, 6.07) is 81.6. The summed E-state index contributed by atoms with van der Waals surface area (Å²) in [7, 11) is 0. The number of hydrogen-bond acceptors (Lipinski definition) is 3. The van der Waals surface area contributed by atoms with E-state index in [9.17, 15) is 10.5 Å². The number of para-hydroxylation sites is 7. The van der Waals surface area contributed by atoms with Gasteiger partial charge in [0.1, 0.15) is 12.1 Å². The third kappa shape index (κ3) is 5.34. The Morgan fingerprint density at radius 2 is 0.736 bits per heavy atom. The molecule has 5 aromatic heterocycles. The number of fused-ring (bicyclic) bond motifs is 15. The van der Waals surface area contributed by atoms with E-state index >= 15 is 0 Å². The highest BCUT2D eigenvalue weighted by Crippen LogP contribution is 2.48. The van der Waals surface area contributed by atoms with Crippen LogP contribution in [0, 0.1) is 22.7 Å². The third-order valence-electron chi connectivity index (χ3n) is 14.9. The second-order valence-corrected chi connectivity index (χ2v) is 18.4. The van der Waals surface area contributed by atoms with Crippen LogP contribution in [0.1, 0.15) is 11.1 Å². The van der Waals surface area contributed by atoms with Gasteiger partial charge in [-0.3, -0.25) is 4.98 Å². The van der Waals surface area contributed by atoms with E-state index in [2.05, 4.69) is 218 Å². The van der Waals surface area contributed by atoms with Crippen molar-refractivity contribution >= 4 is 98.1 Å². The molecule has 15 aromatic rings. The summed E-state index contributed by atoms with van der Waals surface area (Å²) in [6.45, 7) is 0. The Morgan fingerprint density at radius 3 is 1.21 bits per heavy atom. The monoisotopic (exact) mass is 915 g/mol. The Labute approximate surface area is 411 Å². The summed E-state index contributed by atoms with van der Waals surface area (Å²) in [4.78, 5) is 4.77. The zero-order valence-corrected chi connectivity index (χ0v) is 38.5. The van der Waals surface area contributed by atoms with Crippen LogP contribution in [0.25, 0.3) is 132 Å². The average Bonchev–Trinajstić information content (AvgIpc) is 4.18. The normalized spacial score (nSPS) is 11.9. The largest absolute Gasteiger partial charge is 0.309 e. The molecule has 15 rings (SSSR count). The van der Waals surface area contributed by atoms with Crippen molar-refractivity contribution in [1.82, 2.24) is 23.3 Å². The highest BCUT2D eigenvalue weighted by atomic mass is 15.0. The standard InChI is InChI=1S/C65H37N7/c66-38-50-59(71-55-29-15-10-24-48(55)62-57(71)33-31-46-43-22-8-13-27-53(43)69(64(46)62)40-17-3-1-4-18-40)37-60(51(39-67)61(50)45-35-36-68-52-26-12-7-21-42(45)52)72-56-30-16-11-25-49(56)63-58(72)34-32-47-44-23-9-14-28-54(44)70(65(47)63)41-19-5-2-6-20-41/h1-37H. The van der Waals surface area contributed by atoms with Crippen LogP contribution < -0.4 is 0 Å². The highest BCUT2D eigenvalue weighted by Gasteiger charge is 2.29. The van der Waals surface area contributed by atoms with E-state index in [0.717, 1.165) is 115 Å². The molecule has 0 fully saturated rings. The van der Waals surface area contributed by atoms with Gasteiger partial charge in [0, 0.05) is 71.6 Å². The van der Waals surface area contributed by atoms with Crippen LogP contribution in [0.2, 0.25) is 0 Å². The topological polar surface area (TPSA) is 80.2 Å². The van der Waals surface area contributed by atoms with Crippen LogP contribution in [0.15, 0.2) is 225 Å². The van der Waals surface area contributed by atoms with Gasteiger partial charge in [0.05, 0.1) is 72.2 Å². The molecule has 0 N–H and O–H groups in total. The Hall–Kier alpha value is -10.2. The van der Waals surface area contributed by atoms with E-state index < -0.39 is 0 Å². The minimum absolute atomic E-state index is 0.394. The molecule has 0 aliphatic carbocycles. The number of benzene rings is 10.